The molecule has 0 aromatic carbocycles. The fourth-order valence-corrected chi connectivity index (χ4v) is 1.96. The van der Waals surface area contributed by atoms with Crippen LogP contribution in [0.1, 0.15) is 32.6 Å². The van der Waals surface area contributed by atoms with Gasteiger partial charge in [0.2, 0.25) is 0 Å². The van der Waals surface area contributed by atoms with Crippen molar-refractivity contribution < 1.29 is 14.6 Å². The van der Waals surface area contributed by atoms with Crippen molar-refractivity contribution in [3.63, 3.8) is 0 Å². The van der Waals surface area contributed by atoms with Gasteiger partial charge in [0.15, 0.2) is 6.29 Å². The monoisotopic (exact) mass is 202 g/mol. The van der Waals surface area contributed by atoms with E-state index in [4.69, 9.17) is 9.47 Å². The van der Waals surface area contributed by atoms with E-state index in [1.807, 2.05) is 0 Å². The van der Waals surface area contributed by atoms with Gasteiger partial charge in [0.05, 0.1) is 13.2 Å². The lowest BCUT2D eigenvalue weighted by Gasteiger charge is -2.29. The summed E-state index contributed by atoms with van der Waals surface area (Å²) in [6.07, 6.45) is 4.03. The zero-order chi connectivity index (χ0) is 10.4. The van der Waals surface area contributed by atoms with Crippen molar-refractivity contribution in [1.82, 2.24) is 0 Å². The van der Waals surface area contributed by atoms with Gasteiger partial charge in [0.25, 0.3) is 0 Å². The van der Waals surface area contributed by atoms with Crippen LogP contribution >= 0.6 is 0 Å². The summed E-state index contributed by atoms with van der Waals surface area (Å²) in [5.74, 6) is 1.15. The number of methoxy groups -OCH3 is 1. The molecule has 0 aromatic rings. The predicted octanol–water partition coefficient (Wildman–Crippen LogP) is 1.79. The van der Waals surface area contributed by atoms with E-state index in [0.717, 1.165) is 18.8 Å². The Kier molecular flexibility index (Phi) is 5.45. The molecule has 0 heterocycles. The summed E-state index contributed by atoms with van der Waals surface area (Å²) in [7, 11) is 1.64. The molecule has 1 aliphatic carbocycles. The Morgan fingerprint density at radius 1 is 1.21 bits per heavy atom. The van der Waals surface area contributed by atoms with E-state index in [0.29, 0.717) is 19.1 Å². The van der Waals surface area contributed by atoms with Gasteiger partial charge >= 0.3 is 0 Å². The standard InChI is InChI=1S/C11H22O3/c1-9-3-5-10(6-4-9)11(12)14-8-7-13-2/h9-12H,3-8H2,1-2H3. The number of hydrogen-bond acceptors (Lipinski definition) is 3. The second kappa shape index (κ2) is 6.38. The number of rotatable bonds is 5. The Labute approximate surface area is 86.4 Å². The van der Waals surface area contributed by atoms with Gasteiger partial charge in [-0.1, -0.05) is 19.8 Å². The van der Waals surface area contributed by atoms with Crippen LogP contribution in [0.15, 0.2) is 0 Å². The minimum Gasteiger partial charge on any atom is -0.382 e. The van der Waals surface area contributed by atoms with Crippen LogP contribution in [-0.4, -0.2) is 31.7 Å². The Balaban J connectivity index is 2.13. The molecule has 0 saturated heterocycles. The molecule has 84 valence electrons. The maximum atomic E-state index is 9.71. The fraction of sp³-hybridized carbons (Fsp3) is 1.00. The molecule has 1 rings (SSSR count). The first kappa shape index (κ1) is 12.0. The first-order valence-electron chi connectivity index (χ1n) is 5.52. The number of aliphatic hydroxyl groups is 1. The summed E-state index contributed by atoms with van der Waals surface area (Å²) in [6.45, 7) is 3.32. The highest BCUT2D eigenvalue weighted by atomic mass is 16.6. The van der Waals surface area contributed by atoms with Gasteiger partial charge in [0, 0.05) is 13.0 Å². The smallest absolute Gasteiger partial charge is 0.157 e. The van der Waals surface area contributed by atoms with Crippen LogP contribution in [-0.2, 0) is 9.47 Å². The van der Waals surface area contributed by atoms with Crippen molar-refractivity contribution in [3.8, 4) is 0 Å². The van der Waals surface area contributed by atoms with E-state index in [-0.39, 0.29) is 0 Å². The second-order valence-corrected chi connectivity index (χ2v) is 4.27. The van der Waals surface area contributed by atoms with Crippen LogP contribution in [0.3, 0.4) is 0 Å². The molecule has 1 unspecified atom stereocenters. The van der Waals surface area contributed by atoms with Gasteiger partial charge in [0.1, 0.15) is 0 Å². The van der Waals surface area contributed by atoms with Gasteiger partial charge in [-0.3, -0.25) is 0 Å². The first-order valence-corrected chi connectivity index (χ1v) is 5.52. The average molecular weight is 202 g/mol. The molecule has 0 aliphatic heterocycles. The molecule has 0 amide bonds. The van der Waals surface area contributed by atoms with Crippen LogP contribution in [0.25, 0.3) is 0 Å². The lowest BCUT2D eigenvalue weighted by molar-refractivity contribution is -0.149. The Hall–Kier alpha value is -0.120. The highest BCUT2D eigenvalue weighted by Gasteiger charge is 2.24. The molecule has 14 heavy (non-hydrogen) atoms. The SMILES string of the molecule is COCCOC(O)C1CCC(C)CC1. The van der Waals surface area contributed by atoms with E-state index >= 15 is 0 Å². The highest BCUT2D eigenvalue weighted by molar-refractivity contribution is 4.71. The molecule has 1 atom stereocenters. The molecule has 1 N–H and O–H groups in total. The largest absolute Gasteiger partial charge is 0.382 e. The van der Waals surface area contributed by atoms with Crippen molar-refractivity contribution >= 4 is 0 Å². The molecule has 0 aromatic heterocycles. The molecule has 1 aliphatic rings. The molecule has 1 saturated carbocycles. The molecule has 1 fully saturated rings. The first-order chi connectivity index (χ1) is 6.74. The van der Waals surface area contributed by atoms with Gasteiger partial charge in [-0.25, -0.2) is 0 Å². The summed E-state index contributed by atoms with van der Waals surface area (Å²) in [5.41, 5.74) is 0. The Bertz CT molecular complexity index is 141. The summed E-state index contributed by atoms with van der Waals surface area (Å²) in [6, 6.07) is 0. The third-order valence-electron chi connectivity index (χ3n) is 3.04. The normalized spacial score (nSPS) is 30.2. The third-order valence-corrected chi connectivity index (χ3v) is 3.04. The molecule has 0 radical (unpaired) electrons. The quantitative estimate of drug-likeness (QED) is 0.545. The second-order valence-electron chi connectivity index (χ2n) is 4.27. The molecule has 3 nitrogen and oxygen atoms in total. The predicted molar refractivity (Wildman–Crippen MR) is 55.0 cm³/mol. The Morgan fingerprint density at radius 3 is 2.43 bits per heavy atom. The minimum absolute atomic E-state index is 0.336. The van der Waals surface area contributed by atoms with Crippen LogP contribution in [0.4, 0.5) is 0 Å². The van der Waals surface area contributed by atoms with Crippen molar-refractivity contribution in [1.29, 1.82) is 0 Å². The maximum absolute atomic E-state index is 9.71. The number of hydrogen-bond donors (Lipinski definition) is 1. The summed E-state index contributed by atoms with van der Waals surface area (Å²) < 4.78 is 10.1. The van der Waals surface area contributed by atoms with E-state index in [1.165, 1.54) is 12.8 Å². The average Bonchev–Trinajstić information content (AvgIpc) is 2.19. The molecular formula is C11H22O3. The van der Waals surface area contributed by atoms with E-state index in [2.05, 4.69) is 6.92 Å². The highest BCUT2D eigenvalue weighted by Crippen LogP contribution is 2.30. The van der Waals surface area contributed by atoms with Crippen LogP contribution in [0.2, 0.25) is 0 Å². The third kappa shape index (κ3) is 3.95. The van der Waals surface area contributed by atoms with Crippen LogP contribution < -0.4 is 0 Å². The van der Waals surface area contributed by atoms with Crippen molar-refractivity contribution in [2.24, 2.45) is 11.8 Å². The van der Waals surface area contributed by atoms with Crippen molar-refractivity contribution in [2.45, 2.75) is 38.9 Å². The van der Waals surface area contributed by atoms with Gasteiger partial charge in [-0.15, -0.1) is 0 Å². The van der Waals surface area contributed by atoms with Crippen LogP contribution in [0.5, 0.6) is 0 Å². The van der Waals surface area contributed by atoms with E-state index in [1.54, 1.807) is 7.11 Å². The lowest BCUT2D eigenvalue weighted by atomic mass is 9.83. The van der Waals surface area contributed by atoms with Gasteiger partial charge < -0.3 is 14.6 Å². The van der Waals surface area contributed by atoms with Crippen molar-refractivity contribution in [3.05, 3.63) is 0 Å². The summed E-state index contributed by atoms with van der Waals surface area (Å²) >= 11 is 0. The topological polar surface area (TPSA) is 38.7 Å². The molecule has 0 spiro atoms. The zero-order valence-corrected chi connectivity index (χ0v) is 9.24. The number of aliphatic hydroxyl groups excluding tert-OH is 1. The Morgan fingerprint density at radius 2 is 1.86 bits per heavy atom. The van der Waals surface area contributed by atoms with E-state index < -0.39 is 6.29 Å². The van der Waals surface area contributed by atoms with Crippen LogP contribution in [0, 0.1) is 11.8 Å². The molecule has 0 bridgehead atoms. The number of ether oxygens (including phenoxy) is 2. The zero-order valence-electron chi connectivity index (χ0n) is 9.24. The van der Waals surface area contributed by atoms with Gasteiger partial charge in [-0.05, 0) is 18.8 Å². The maximum Gasteiger partial charge on any atom is 0.157 e. The summed E-state index contributed by atoms with van der Waals surface area (Å²) in [4.78, 5) is 0. The lowest BCUT2D eigenvalue weighted by Crippen LogP contribution is -2.28. The molecular weight excluding hydrogens is 180 g/mol. The fourth-order valence-electron chi connectivity index (χ4n) is 1.96. The van der Waals surface area contributed by atoms with E-state index in [9.17, 15) is 5.11 Å². The minimum atomic E-state index is -0.586. The van der Waals surface area contributed by atoms with Gasteiger partial charge in [-0.2, -0.15) is 0 Å². The van der Waals surface area contributed by atoms with Crippen molar-refractivity contribution in [2.75, 3.05) is 20.3 Å². The summed E-state index contributed by atoms with van der Waals surface area (Å²) in [5, 5.41) is 9.71. The molecule has 3 heteroatoms.